The highest BCUT2D eigenvalue weighted by atomic mass is 16.2. The molecule has 0 aliphatic heterocycles. The summed E-state index contributed by atoms with van der Waals surface area (Å²) in [4.78, 5) is 17.1. The molecule has 4 rings (SSSR count). The molecule has 0 radical (unpaired) electrons. The van der Waals surface area contributed by atoms with Crippen molar-refractivity contribution >= 4 is 23.1 Å². The van der Waals surface area contributed by atoms with Gasteiger partial charge in [-0.3, -0.25) is 0 Å². The highest BCUT2D eigenvalue weighted by molar-refractivity contribution is 6.00. The fraction of sp³-hybridized carbons (Fsp3) is 0.130. The Hall–Kier alpha value is -3.60. The number of aryl methyl sites for hydroxylation is 3. The second-order valence-corrected chi connectivity index (χ2v) is 7.03. The standard InChI is InChI=1S/C23H22N4O/c1-15-9-10-20(17(3)12-15)26-23(28)24-19-8-4-7-18(13-19)21-14-27-11-5-6-16(2)22(27)25-21/h4-14H,1-3H3,(H2,24,26,28). The maximum atomic E-state index is 12.4. The Morgan fingerprint density at radius 3 is 2.57 bits per heavy atom. The Morgan fingerprint density at radius 2 is 1.79 bits per heavy atom. The molecule has 0 atom stereocenters. The van der Waals surface area contributed by atoms with Gasteiger partial charge < -0.3 is 15.0 Å². The van der Waals surface area contributed by atoms with Gasteiger partial charge in [-0.2, -0.15) is 0 Å². The number of nitrogens with one attached hydrogen (secondary N) is 2. The lowest BCUT2D eigenvalue weighted by molar-refractivity contribution is 0.262. The molecule has 5 nitrogen and oxygen atoms in total. The normalized spacial score (nSPS) is 10.8. The fourth-order valence-electron chi connectivity index (χ4n) is 3.29. The van der Waals surface area contributed by atoms with Gasteiger partial charge in [-0.25, -0.2) is 9.78 Å². The van der Waals surface area contributed by atoms with Crippen LogP contribution in [0.3, 0.4) is 0 Å². The molecule has 2 aromatic heterocycles. The first-order valence-electron chi connectivity index (χ1n) is 9.19. The molecule has 0 spiro atoms. The van der Waals surface area contributed by atoms with E-state index in [1.54, 1.807) is 0 Å². The van der Waals surface area contributed by atoms with Crippen LogP contribution in [0.15, 0.2) is 67.0 Å². The van der Waals surface area contributed by atoms with Gasteiger partial charge in [0.05, 0.1) is 5.69 Å². The number of pyridine rings is 1. The molecule has 2 aromatic carbocycles. The maximum absolute atomic E-state index is 12.4. The zero-order chi connectivity index (χ0) is 19.7. The molecule has 0 aliphatic rings. The second kappa shape index (κ2) is 7.19. The predicted octanol–water partition coefficient (Wildman–Crippen LogP) is 5.57. The average Bonchev–Trinajstić information content (AvgIpc) is 3.10. The number of benzene rings is 2. The minimum Gasteiger partial charge on any atom is -0.308 e. The molecular formula is C23H22N4O. The molecule has 0 saturated heterocycles. The lowest BCUT2D eigenvalue weighted by Crippen LogP contribution is -2.20. The first-order chi connectivity index (χ1) is 13.5. The van der Waals surface area contributed by atoms with Crippen molar-refractivity contribution < 1.29 is 4.79 Å². The summed E-state index contributed by atoms with van der Waals surface area (Å²) in [7, 11) is 0. The molecule has 2 N–H and O–H groups in total. The summed E-state index contributed by atoms with van der Waals surface area (Å²) in [5.74, 6) is 0. The number of hydrogen-bond donors (Lipinski definition) is 2. The number of amides is 2. The van der Waals surface area contributed by atoms with Gasteiger partial charge in [0.25, 0.3) is 0 Å². The number of hydrogen-bond acceptors (Lipinski definition) is 2. The number of carbonyl (C=O) groups excluding carboxylic acids is 1. The van der Waals surface area contributed by atoms with Crippen LogP contribution in [-0.2, 0) is 0 Å². The zero-order valence-electron chi connectivity index (χ0n) is 16.2. The van der Waals surface area contributed by atoms with Crippen molar-refractivity contribution in [1.29, 1.82) is 0 Å². The van der Waals surface area contributed by atoms with Crippen LogP contribution in [0, 0.1) is 20.8 Å². The lowest BCUT2D eigenvalue weighted by atomic mass is 10.1. The first kappa shape index (κ1) is 17.8. The van der Waals surface area contributed by atoms with E-state index in [1.807, 2.05) is 92.2 Å². The smallest absolute Gasteiger partial charge is 0.308 e. The van der Waals surface area contributed by atoms with Crippen molar-refractivity contribution in [2.24, 2.45) is 0 Å². The van der Waals surface area contributed by atoms with E-state index in [4.69, 9.17) is 4.98 Å². The second-order valence-electron chi connectivity index (χ2n) is 7.03. The number of rotatable bonds is 3. The van der Waals surface area contributed by atoms with Crippen LogP contribution < -0.4 is 10.6 Å². The summed E-state index contributed by atoms with van der Waals surface area (Å²) in [6.45, 7) is 6.05. The summed E-state index contributed by atoms with van der Waals surface area (Å²) < 4.78 is 2.01. The molecule has 0 saturated carbocycles. The lowest BCUT2D eigenvalue weighted by Gasteiger charge is -2.11. The molecule has 28 heavy (non-hydrogen) atoms. The molecule has 4 aromatic rings. The van der Waals surface area contributed by atoms with Crippen LogP contribution in [0.4, 0.5) is 16.2 Å². The number of fused-ring (bicyclic) bond motifs is 1. The monoisotopic (exact) mass is 370 g/mol. The molecule has 2 amide bonds. The van der Waals surface area contributed by atoms with Gasteiger partial charge in [0.15, 0.2) is 0 Å². The van der Waals surface area contributed by atoms with Gasteiger partial charge in [-0.05, 0) is 56.2 Å². The highest BCUT2D eigenvalue weighted by Crippen LogP contribution is 2.24. The van der Waals surface area contributed by atoms with E-state index in [2.05, 4.69) is 10.6 Å². The summed E-state index contributed by atoms with van der Waals surface area (Å²) in [5, 5.41) is 5.81. The van der Waals surface area contributed by atoms with Gasteiger partial charge in [-0.1, -0.05) is 35.9 Å². The molecule has 140 valence electrons. The third kappa shape index (κ3) is 3.60. The number of anilines is 2. The van der Waals surface area contributed by atoms with Gasteiger partial charge in [-0.15, -0.1) is 0 Å². The van der Waals surface area contributed by atoms with Crippen molar-refractivity contribution in [3.8, 4) is 11.3 Å². The van der Waals surface area contributed by atoms with Crippen molar-refractivity contribution in [1.82, 2.24) is 9.38 Å². The first-order valence-corrected chi connectivity index (χ1v) is 9.19. The SMILES string of the molecule is Cc1ccc(NC(=O)Nc2cccc(-c3cn4cccc(C)c4n3)c2)c(C)c1. The molecule has 2 heterocycles. The minimum absolute atomic E-state index is 0.269. The third-order valence-electron chi connectivity index (χ3n) is 4.72. The minimum atomic E-state index is -0.269. The average molecular weight is 370 g/mol. The van der Waals surface area contributed by atoms with Crippen molar-refractivity contribution in [2.75, 3.05) is 10.6 Å². The highest BCUT2D eigenvalue weighted by Gasteiger charge is 2.09. The Morgan fingerprint density at radius 1 is 0.929 bits per heavy atom. The molecule has 0 bridgehead atoms. The Kier molecular flexibility index (Phi) is 4.57. The van der Waals surface area contributed by atoms with E-state index < -0.39 is 0 Å². The third-order valence-corrected chi connectivity index (χ3v) is 4.72. The van der Waals surface area contributed by atoms with Gasteiger partial charge in [0.1, 0.15) is 5.65 Å². The van der Waals surface area contributed by atoms with Crippen LogP contribution >= 0.6 is 0 Å². The largest absolute Gasteiger partial charge is 0.323 e. The van der Waals surface area contributed by atoms with E-state index in [0.29, 0.717) is 5.69 Å². The van der Waals surface area contributed by atoms with Crippen LogP contribution in [0.2, 0.25) is 0 Å². The summed E-state index contributed by atoms with van der Waals surface area (Å²) in [6.07, 6.45) is 3.98. The zero-order valence-corrected chi connectivity index (χ0v) is 16.2. The quantitative estimate of drug-likeness (QED) is 0.495. The predicted molar refractivity (Wildman–Crippen MR) is 114 cm³/mol. The molecule has 0 fully saturated rings. The molecule has 5 heteroatoms. The van der Waals surface area contributed by atoms with Crippen LogP contribution in [0.5, 0.6) is 0 Å². The number of aromatic nitrogens is 2. The topological polar surface area (TPSA) is 58.4 Å². The van der Waals surface area contributed by atoms with E-state index in [0.717, 1.165) is 33.7 Å². The van der Waals surface area contributed by atoms with E-state index in [9.17, 15) is 4.79 Å². The number of nitrogens with zero attached hydrogens (tertiary/aromatic N) is 2. The Labute approximate surface area is 164 Å². The van der Waals surface area contributed by atoms with Crippen molar-refractivity contribution in [2.45, 2.75) is 20.8 Å². The van der Waals surface area contributed by atoms with E-state index in [-0.39, 0.29) is 6.03 Å². The molecular weight excluding hydrogens is 348 g/mol. The number of imidazole rings is 1. The van der Waals surface area contributed by atoms with Gasteiger partial charge >= 0.3 is 6.03 Å². The summed E-state index contributed by atoms with van der Waals surface area (Å²) in [5.41, 5.74) is 7.59. The summed E-state index contributed by atoms with van der Waals surface area (Å²) in [6, 6.07) is 17.4. The number of carbonyl (C=O) groups is 1. The Bertz CT molecular complexity index is 1180. The fourth-order valence-corrected chi connectivity index (χ4v) is 3.29. The maximum Gasteiger partial charge on any atom is 0.323 e. The van der Waals surface area contributed by atoms with Crippen molar-refractivity contribution in [3.05, 3.63) is 83.7 Å². The van der Waals surface area contributed by atoms with Crippen LogP contribution in [0.1, 0.15) is 16.7 Å². The number of urea groups is 1. The van der Waals surface area contributed by atoms with Gasteiger partial charge in [0, 0.05) is 29.3 Å². The van der Waals surface area contributed by atoms with Crippen LogP contribution in [-0.4, -0.2) is 15.4 Å². The van der Waals surface area contributed by atoms with E-state index in [1.165, 1.54) is 5.56 Å². The Balaban J connectivity index is 1.54. The molecule has 0 unspecified atom stereocenters. The van der Waals surface area contributed by atoms with E-state index >= 15 is 0 Å². The van der Waals surface area contributed by atoms with Crippen molar-refractivity contribution in [3.63, 3.8) is 0 Å². The van der Waals surface area contributed by atoms with Gasteiger partial charge in [0.2, 0.25) is 0 Å². The van der Waals surface area contributed by atoms with Crippen LogP contribution in [0.25, 0.3) is 16.9 Å². The molecule has 0 aliphatic carbocycles. The summed E-state index contributed by atoms with van der Waals surface area (Å²) >= 11 is 0.